The molecule has 4 rings (SSSR count). The molecular formula is C26H33N3O4S. The van der Waals surface area contributed by atoms with Crippen LogP contribution in [0.25, 0.3) is 0 Å². The van der Waals surface area contributed by atoms with Gasteiger partial charge in [-0.1, -0.05) is 18.9 Å². The Morgan fingerprint density at radius 3 is 2.71 bits per heavy atom. The van der Waals surface area contributed by atoms with E-state index in [-0.39, 0.29) is 30.1 Å². The number of sulfonamides is 1. The quantitative estimate of drug-likeness (QED) is 0.636. The summed E-state index contributed by atoms with van der Waals surface area (Å²) < 4.78 is 35.0. The Kier molecular flexibility index (Phi) is 7.58. The van der Waals surface area contributed by atoms with Crippen LogP contribution in [0.4, 0.5) is 0 Å². The van der Waals surface area contributed by atoms with Gasteiger partial charge in [-0.05, 0) is 69.0 Å². The molecule has 1 N–H and O–H groups in total. The molecule has 3 atom stereocenters. The van der Waals surface area contributed by atoms with Crippen molar-refractivity contribution in [3.8, 4) is 17.6 Å². The van der Waals surface area contributed by atoms with E-state index in [4.69, 9.17) is 4.74 Å². The Labute approximate surface area is 202 Å². The molecule has 1 aliphatic heterocycles. The third-order valence-electron chi connectivity index (χ3n) is 6.43. The van der Waals surface area contributed by atoms with E-state index in [1.807, 2.05) is 25.1 Å². The van der Waals surface area contributed by atoms with E-state index in [0.717, 1.165) is 12.5 Å². The summed E-state index contributed by atoms with van der Waals surface area (Å²) in [6.07, 6.45) is 4.02. The lowest BCUT2D eigenvalue weighted by molar-refractivity contribution is 0.0740. The predicted octanol–water partition coefficient (Wildman–Crippen LogP) is 2.59. The number of fused-ring (bicyclic) bond motifs is 1. The lowest BCUT2D eigenvalue weighted by atomic mass is 10.0. The number of hydrogen-bond acceptors (Lipinski definition) is 6. The van der Waals surface area contributed by atoms with Crippen LogP contribution in [0, 0.1) is 23.7 Å². The van der Waals surface area contributed by atoms with Crippen molar-refractivity contribution in [2.45, 2.75) is 43.7 Å². The van der Waals surface area contributed by atoms with Gasteiger partial charge in [0.1, 0.15) is 22.4 Å². The fraction of sp³-hybridized carbons (Fsp3) is 0.500. The Morgan fingerprint density at radius 2 is 2.03 bits per heavy atom. The van der Waals surface area contributed by atoms with E-state index in [2.05, 4.69) is 28.8 Å². The van der Waals surface area contributed by atoms with Gasteiger partial charge in [0.2, 0.25) is 10.0 Å². The van der Waals surface area contributed by atoms with Gasteiger partial charge in [0.15, 0.2) is 0 Å². The molecule has 2 aliphatic rings. The second-order valence-corrected chi connectivity index (χ2v) is 11.4. The number of nitrogens with zero attached hydrogens (tertiary/aromatic N) is 3. The molecule has 1 aromatic heterocycles. The van der Waals surface area contributed by atoms with E-state index in [1.54, 1.807) is 31.3 Å². The lowest BCUT2D eigenvalue weighted by Gasteiger charge is -2.37. The average Bonchev–Trinajstić information content (AvgIpc) is 3.64. The van der Waals surface area contributed by atoms with Crippen LogP contribution < -0.4 is 4.74 Å². The van der Waals surface area contributed by atoms with E-state index in [9.17, 15) is 13.5 Å². The van der Waals surface area contributed by atoms with Gasteiger partial charge in [-0.3, -0.25) is 0 Å². The van der Waals surface area contributed by atoms with Crippen molar-refractivity contribution in [1.29, 1.82) is 0 Å². The zero-order valence-electron chi connectivity index (χ0n) is 20.0. The maximum atomic E-state index is 13.6. The second-order valence-electron chi connectivity index (χ2n) is 9.53. The van der Waals surface area contributed by atoms with E-state index >= 15 is 0 Å². The first-order valence-electron chi connectivity index (χ1n) is 11.8. The molecule has 0 spiro atoms. The molecule has 34 heavy (non-hydrogen) atoms. The van der Waals surface area contributed by atoms with Crippen LogP contribution in [-0.2, 0) is 10.0 Å². The molecule has 1 aromatic carbocycles. The van der Waals surface area contributed by atoms with Crippen molar-refractivity contribution in [2.24, 2.45) is 11.8 Å². The summed E-state index contributed by atoms with van der Waals surface area (Å²) in [4.78, 5) is 6.60. The SMILES string of the molecule is C[C@H]1CN([C@@H](C)CO)S(=O)(=O)c2ccc(C#Cc3ccccn3)cc2O[C@H]1CN(C)CC1CC1. The van der Waals surface area contributed by atoms with Gasteiger partial charge in [-0.15, -0.1) is 0 Å². The summed E-state index contributed by atoms with van der Waals surface area (Å²) in [7, 11) is -1.77. The molecule has 2 aromatic rings. The zero-order chi connectivity index (χ0) is 24.3. The molecule has 0 bridgehead atoms. The van der Waals surface area contributed by atoms with Crippen molar-refractivity contribution < 1.29 is 18.3 Å². The summed E-state index contributed by atoms with van der Waals surface area (Å²) in [6.45, 7) is 5.49. The minimum absolute atomic E-state index is 0.0677. The first-order valence-corrected chi connectivity index (χ1v) is 13.3. The maximum Gasteiger partial charge on any atom is 0.247 e. The number of likely N-dealkylation sites (N-methyl/N-ethyl adjacent to an activating group) is 1. The lowest BCUT2D eigenvalue weighted by Crippen LogP contribution is -2.49. The van der Waals surface area contributed by atoms with Gasteiger partial charge in [-0.25, -0.2) is 13.4 Å². The molecule has 1 fully saturated rings. The molecule has 8 heteroatoms. The topological polar surface area (TPSA) is 83.0 Å². The third-order valence-corrected chi connectivity index (χ3v) is 8.44. The summed E-state index contributed by atoms with van der Waals surface area (Å²) in [5.74, 6) is 7.07. The van der Waals surface area contributed by atoms with Crippen LogP contribution in [0.5, 0.6) is 5.75 Å². The molecule has 182 valence electrons. The van der Waals surface area contributed by atoms with Gasteiger partial charge in [-0.2, -0.15) is 4.31 Å². The molecule has 0 radical (unpaired) electrons. The van der Waals surface area contributed by atoms with Crippen LogP contribution in [0.15, 0.2) is 47.5 Å². The maximum absolute atomic E-state index is 13.6. The number of aromatic nitrogens is 1. The van der Waals surface area contributed by atoms with E-state index in [1.165, 1.54) is 17.1 Å². The fourth-order valence-corrected chi connectivity index (χ4v) is 6.04. The highest BCUT2D eigenvalue weighted by atomic mass is 32.2. The first kappa shape index (κ1) is 24.7. The Hall–Kier alpha value is -2.44. The van der Waals surface area contributed by atoms with Crippen LogP contribution in [0.3, 0.4) is 0 Å². The molecular weight excluding hydrogens is 450 g/mol. The van der Waals surface area contributed by atoms with Crippen molar-refractivity contribution in [1.82, 2.24) is 14.2 Å². The standard InChI is InChI=1S/C26H33N3O4S/c1-19-15-29(20(2)18-30)34(31,32)26-12-10-21(9-11-23-6-4-5-13-27-23)14-24(26)33-25(19)17-28(3)16-22-7-8-22/h4-6,10,12-14,19-20,22,25,30H,7-8,15-18H2,1-3H3/t19-,20-,25-/m0/s1. The number of rotatable bonds is 6. The molecule has 2 heterocycles. The Bertz CT molecular complexity index is 1160. The Balaban J connectivity index is 1.71. The smallest absolute Gasteiger partial charge is 0.247 e. The van der Waals surface area contributed by atoms with Crippen LogP contribution in [0.1, 0.15) is 37.9 Å². The van der Waals surface area contributed by atoms with E-state index in [0.29, 0.717) is 23.6 Å². The summed E-state index contributed by atoms with van der Waals surface area (Å²) >= 11 is 0. The summed E-state index contributed by atoms with van der Waals surface area (Å²) in [5, 5.41) is 9.79. The number of pyridine rings is 1. The number of hydrogen-bond donors (Lipinski definition) is 1. The number of benzene rings is 1. The van der Waals surface area contributed by atoms with E-state index < -0.39 is 16.1 Å². The van der Waals surface area contributed by atoms with Crippen molar-refractivity contribution in [2.75, 3.05) is 33.3 Å². The Morgan fingerprint density at radius 1 is 1.24 bits per heavy atom. The average molecular weight is 484 g/mol. The first-order chi connectivity index (χ1) is 16.3. The molecule has 0 saturated heterocycles. The van der Waals surface area contributed by atoms with Gasteiger partial charge in [0, 0.05) is 43.4 Å². The van der Waals surface area contributed by atoms with Crippen molar-refractivity contribution in [3.63, 3.8) is 0 Å². The summed E-state index contributed by atoms with van der Waals surface area (Å²) in [5.41, 5.74) is 1.29. The normalized spacial score (nSPS) is 23.1. The molecule has 0 amide bonds. The summed E-state index contributed by atoms with van der Waals surface area (Å²) in [6, 6.07) is 9.94. The van der Waals surface area contributed by atoms with Gasteiger partial charge in [0.05, 0.1) is 6.61 Å². The molecule has 1 saturated carbocycles. The highest BCUT2D eigenvalue weighted by molar-refractivity contribution is 7.89. The predicted molar refractivity (Wildman–Crippen MR) is 131 cm³/mol. The highest BCUT2D eigenvalue weighted by Gasteiger charge is 2.38. The largest absolute Gasteiger partial charge is 0.487 e. The monoisotopic (exact) mass is 483 g/mol. The van der Waals surface area contributed by atoms with Crippen LogP contribution in [0.2, 0.25) is 0 Å². The van der Waals surface area contributed by atoms with Gasteiger partial charge < -0.3 is 14.7 Å². The van der Waals surface area contributed by atoms with Crippen molar-refractivity contribution >= 4 is 10.0 Å². The van der Waals surface area contributed by atoms with Crippen molar-refractivity contribution in [3.05, 3.63) is 53.9 Å². The molecule has 1 aliphatic carbocycles. The van der Waals surface area contributed by atoms with Gasteiger partial charge in [0.25, 0.3) is 0 Å². The molecule has 0 unspecified atom stereocenters. The second kappa shape index (κ2) is 10.4. The van der Waals surface area contributed by atoms with Crippen LogP contribution in [-0.4, -0.2) is 73.1 Å². The molecule has 7 nitrogen and oxygen atoms in total. The third kappa shape index (κ3) is 5.78. The minimum Gasteiger partial charge on any atom is -0.487 e. The number of aliphatic hydroxyl groups is 1. The fourth-order valence-electron chi connectivity index (χ4n) is 4.22. The zero-order valence-corrected chi connectivity index (χ0v) is 20.8. The minimum atomic E-state index is -3.86. The van der Waals surface area contributed by atoms with Crippen LogP contribution >= 0.6 is 0 Å². The van der Waals surface area contributed by atoms with Gasteiger partial charge >= 0.3 is 0 Å². The number of aliphatic hydroxyl groups excluding tert-OH is 1. The highest BCUT2D eigenvalue weighted by Crippen LogP contribution is 2.35. The number of ether oxygens (including phenoxy) is 1.